The monoisotopic (exact) mass is 249 g/mol. The van der Waals surface area contributed by atoms with Crippen molar-refractivity contribution < 1.29 is 4.79 Å². The van der Waals surface area contributed by atoms with E-state index in [1.54, 1.807) is 23.9 Å². The average Bonchev–Trinajstić information content (AvgIpc) is 2.36. The molecule has 1 amide bonds. The zero-order valence-electron chi connectivity index (χ0n) is 10.2. The number of carbonyl (C=O) groups is 1. The van der Waals surface area contributed by atoms with E-state index < -0.39 is 0 Å². The number of thioether (sulfide) groups is 1. The molecule has 0 aliphatic heterocycles. The Morgan fingerprint density at radius 1 is 1.59 bits per heavy atom. The fourth-order valence-corrected chi connectivity index (χ4v) is 1.27. The highest BCUT2D eigenvalue weighted by Crippen LogP contribution is 2.19. The van der Waals surface area contributed by atoms with Crippen LogP contribution in [0.15, 0.2) is 18.3 Å². The summed E-state index contributed by atoms with van der Waals surface area (Å²) in [6.07, 6.45) is 3.40. The number of rotatable bonds is 4. The van der Waals surface area contributed by atoms with E-state index in [-0.39, 0.29) is 10.7 Å². The maximum absolute atomic E-state index is 11.7. The number of nitrogens with zero attached hydrogens (tertiary/aromatic N) is 2. The Balaban J connectivity index is 2.62. The number of hydrogen-bond acceptors (Lipinski definition) is 4. The minimum Gasteiger partial charge on any atom is -0.349 e. The Kier molecular flexibility index (Phi) is 4.53. The summed E-state index contributed by atoms with van der Waals surface area (Å²) in [5, 5.41) is 11.4. The van der Waals surface area contributed by atoms with Crippen LogP contribution in [0.25, 0.3) is 0 Å². The maximum Gasteiger partial charge on any atom is 0.269 e. The van der Waals surface area contributed by atoms with Crippen molar-refractivity contribution in [1.82, 2.24) is 10.3 Å². The van der Waals surface area contributed by atoms with Crippen molar-refractivity contribution in [3.05, 3.63) is 29.6 Å². The van der Waals surface area contributed by atoms with Gasteiger partial charge in [0.2, 0.25) is 0 Å². The van der Waals surface area contributed by atoms with E-state index in [2.05, 4.69) is 24.1 Å². The van der Waals surface area contributed by atoms with Crippen molar-refractivity contribution in [2.24, 2.45) is 0 Å². The molecule has 0 unspecified atom stereocenters. The van der Waals surface area contributed by atoms with Crippen LogP contribution in [-0.4, -0.2) is 28.4 Å². The smallest absolute Gasteiger partial charge is 0.269 e. The SMILES string of the molecule is CSC(C)(C)CNC(=O)c1ccc(C#N)cn1. The van der Waals surface area contributed by atoms with Crippen LogP contribution in [0.2, 0.25) is 0 Å². The third-order valence-electron chi connectivity index (χ3n) is 2.35. The fourth-order valence-electron chi connectivity index (χ4n) is 1.05. The first-order valence-electron chi connectivity index (χ1n) is 5.18. The van der Waals surface area contributed by atoms with Crippen molar-refractivity contribution >= 4 is 17.7 Å². The van der Waals surface area contributed by atoms with Crippen LogP contribution in [0.5, 0.6) is 0 Å². The van der Waals surface area contributed by atoms with E-state index in [0.29, 0.717) is 17.8 Å². The van der Waals surface area contributed by atoms with Crippen LogP contribution in [-0.2, 0) is 0 Å². The predicted molar refractivity (Wildman–Crippen MR) is 68.9 cm³/mol. The highest BCUT2D eigenvalue weighted by atomic mass is 32.2. The highest BCUT2D eigenvalue weighted by molar-refractivity contribution is 7.99. The maximum atomic E-state index is 11.7. The summed E-state index contributed by atoms with van der Waals surface area (Å²) in [6, 6.07) is 5.10. The lowest BCUT2D eigenvalue weighted by molar-refractivity contribution is 0.0946. The molecule has 1 aromatic heterocycles. The summed E-state index contributed by atoms with van der Waals surface area (Å²) in [6.45, 7) is 4.70. The van der Waals surface area contributed by atoms with E-state index in [1.165, 1.54) is 6.20 Å². The fraction of sp³-hybridized carbons (Fsp3) is 0.417. The van der Waals surface area contributed by atoms with Gasteiger partial charge >= 0.3 is 0 Å². The molecule has 1 heterocycles. The first kappa shape index (κ1) is 13.5. The van der Waals surface area contributed by atoms with Gasteiger partial charge in [0.1, 0.15) is 11.8 Å². The molecule has 0 bridgehead atoms. The number of nitriles is 1. The molecule has 0 aliphatic rings. The van der Waals surface area contributed by atoms with Gasteiger partial charge in [0.15, 0.2) is 0 Å². The third kappa shape index (κ3) is 4.08. The van der Waals surface area contributed by atoms with Gasteiger partial charge in [-0.3, -0.25) is 4.79 Å². The van der Waals surface area contributed by atoms with E-state index in [0.717, 1.165) is 0 Å². The molecule has 0 atom stereocenters. The topological polar surface area (TPSA) is 65.8 Å². The second-order valence-corrected chi connectivity index (χ2v) is 5.70. The van der Waals surface area contributed by atoms with E-state index in [9.17, 15) is 4.79 Å². The van der Waals surface area contributed by atoms with E-state index in [4.69, 9.17) is 5.26 Å². The first-order chi connectivity index (χ1) is 7.98. The van der Waals surface area contributed by atoms with Crippen molar-refractivity contribution in [3.63, 3.8) is 0 Å². The molecule has 5 heteroatoms. The second kappa shape index (κ2) is 5.69. The van der Waals surface area contributed by atoms with Gasteiger partial charge in [-0.25, -0.2) is 4.98 Å². The number of pyridine rings is 1. The standard InChI is InChI=1S/C12H15N3OS/c1-12(2,17-3)8-15-11(16)10-5-4-9(6-13)7-14-10/h4-5,7H,8H2,1-3H3,(H,15,16). The number of hydrogen-bond donors (Lipinski definition) is 1. The minimum atomic E-state index is -0.211. The molecule has 0 radical (unpaired) electrons. The quantitative estimate of drug-likeness (QED) is 0.884. The van der Waals surface area contributed by atoms with Gasteiger partial charge in [0, 0.05) is 17.5 Å². The number of carbonyl (C=O) groups excluding carboxylic acids is 1. The van der Waals surface area contributed by atoms with Crippen molar-refractivity contribution in [2.45, 2.75) is 18.6 Å². The average molecular weight is 249 g/mol. The second-order valence-electron chi connectivity index (χ2n) is 4.19. The zero-order valence-corrected chi connectivity index (χ0v) is 11.0. The number of amides is 1. The van der Waals surface area contributed by atoms with Crippen LogP contribution in [0.4, 0.5) is 0 Å². The van der Waals surface area contributed by atoms with Crippen molar-refractivity contribution in [2.75, 3.05) is 12.8 Å². The van der Waals surface area contributed by atoms with E-state index in [1.807, 2.05) is 12.3 Å². The normalized spacial score (nSPS) is 10.7. The van der Waals surface area contributed by atoms with Crippen LogP contribution in [0.3, 0.4) is 0 Å². The Morgan fingerprint density at radius 2 is 2.29 bits per heavy atom. The molecule has 90 valence electrons. The van der Waals surface area contributed by atoms with Crippen molar-refractivity contribution in [1.29, 1.82) is 5.26 Å². The molecule has 0 aliphatic carbocycles. The third-order valence-corrected chi connectivity index (χ3v) is 3.60. The lowest BCUT2D eigenvalue weighted by Gasteiger charge is -2.21. The number of nitrogens with one attached hydrogen (secondary N) is 1. The van der Waals surface area contributed by atoms with Crippen molar-refractivity contribution in [3.8, 4) is 6.07 Å². The minimum absolute atomic E-state index is 0.00224. The van der Waals surface area contributed by atoms with Gasteiger partial charge < -0.3 is 5.32 Å². The van der Waals surface area contributed by atoms with Gasteiger partial charge in [0.05, 0.1) is 5.56 Å². The lowest BCUT2D eigenvalue weighted by Crippen LogP contribution is -2.36. The zero-order chi connectivity index (χ0) is 12.9. The summed E-state index contributed by atoms with van der Waals surface area (Å²) >= 11 is 1.69. The molecular weight excluding hydrogens is 234 g/mol. The lowest BCUT2D eigenvalue weighted by atomic mass is 10.2. The summed E-state index contributed by atoms with van der Waals surface area (Å²) < 4.78 is 0.00224. The molecule has 17 heavy (non-hydrogen) atoms. The van der Waals surface area contributed by atoms with Gasteiger partial charge in [0.25, 0.3) is 5.91 Å². The Hall–Kier alpha value is -1.54. The molecule has 0 aromatic carbocycles. The Morgan fingerprint density at radius 3 is 2.76 bits per heavy atom. The molecule has 0 spiro atoms. The molecule has 1 rings (SSSR count). The van der Waals surface area contributed by atoms with Gasteiger partial charge in [-0.05, 0) is 32.2 Å². The van der Waals surface area contributed by atoms with Crippen LogP contribution in [0.1, 0.15) is 29.9 Å². The summed E-state index contributed by atoms with van der Waals surface area (Å²) in [7, 11) is 0. The molecule has 0 saturated carbocycles. The van der Waals surface area contributed by atoms with Crippen LogP contribution < -0.4 is 5.32 Å². The van der Waals surface area contributed by atoms with Gasteiger partial charge in [-0.2, -0.15) is 17.0 Å². The molecule has 1 N–H and O–H groups in total. The molecule has 4 nitrogen and oxygen atoms in total. The van der Waals surface area contributed by atoms with E-state index >= 15 is 0 Å². The van der Waals surface area contributed by atoms with Gasteiger partial charge in [-0.15, -0.1) is 0 Å². The van der Waals surface area contributed by atoms with Crippen LogP contribution >= 0.6 is 11.8 Å². The molecular formula is C12H15N3OS. The summed E-state index contributed by atoms with van der Waals surface area (Å²) in [5.74, 6) is -0.211. The van der Waals surface area contributed by atoms with Crippen LogP contribution in [0, 0.1) is 11.3 Å². The Labute approximate surface area is 105 Å². The molecule has 0 saturated heterocycles. The largest absolute Gasteiger partial charge is 0.349 e. The number of aromatic nitrogens is 1. The summed E-state index contributed by atoms with van der Waals surface area (Å²) in [5.41, 5.74) is 0.784. The van der Waals surface area contributed by atoms with Gasteiger partial charge in [-0.1, -0.05) is 0 Å². The summed E-state index contributed by atoms with van der Waals surface area (Å²) in [4.78, 5) is 15.7. The molecule has 0 fully saturated rings. The Bertz CT molecular complexity index is 434. The molecule has 1 aromatic rings. The highest BCUT2D eigenvalue weighted by Gasteiger charge is 2.17. The predicted octanol–water partition coefficient (Wildman–Crippen LogP) is 1.82. The first-order valence-corrected chi connectivity index (χ1v) is 6.40.